The standard InChI is InChI=1S/C23H24N6O/c1-25-22(29(15-24)20-7-8-20)17-4-2-6-19(12-17)28-23(30)21-13-16(9-11-27-21)18-5-3-10-26-14-18/h2-3,5-6,9-15,17,20,24H,4,7-8H2,1H3,(H,28,30). The summed E-state index contributed by atoms with van der Waals surface area (Å²) >= 11 is 0. The molecule has 0 spiro atoms. The molecule has 7 nitrogen and oxygen atoms in total. The molecule has 2 aromatic heterocycles. The first-order chi connectivity index (χ1) is 14.7. The maximum atomic E-state index is 12.8. The number of pyridine rings is 2. The highest BCUT2D eigenvalue weighted by Gasteiger charge is 2.33. The molecule has 2 aliphatic carbocycles. The summed E-state index contributed by atoms with van der Waals surface area (Å²) in [6.07, 6.45) is 15.4. The largest absolute Gasteiger partial charge is 0.321 e. The van der Waals surface area contributed by atoms with Crippen molar-refractivity contribution in [1.82, 2.24) is 20.2 Å². The highest BCUT2D eigenvalue weighted by Crippen LogP contribution is 2.29. The van der Waals surface area contributed by atoms with E-state index >= 15 is 0 Å². The monoisotopic (exact) mass is 400 g/mol. The number of amidine groups is 1. The van der Waals surface area contributed by atoms with Gasteiger partial charge in [0.05, 0.1) is 6.34 Å². The molecular formula is C23H24N6O. The minimum Gasteiger partial charge on any atom is -0.321 e. The van der Waals surface area contributed by atoms with Gasteiger partial charge in [-0.2, -0.15) is 0 Å². The van der Waals surface area contributed by atoms with Gasteiger partial charge in [0.1, 0.15) is 11.5 Å². The van der Waals surface area contributed by atoms with Crippen LogP contribution in [0.4, 0.5) is 0 Å². The molecule has 1 fully saturated rings. The summed E-state index contributed by atoms with van der Waals surface area (Å²) in [5.74, 6) is 0.617. The van der Waals surface area contributed by atoms with Gasteiger partial charge in [0.2, 0.25) is 0 Å². The lowest BCUT2D eigenvalue weighted by atomic mass is 9.96. The van der Waals surface area contributed by atoms with E-state index in [0.717, 1.165) is 36.2 Å². The Kier molecular flexibility index (Phi) is 5.79. The molecule has 0 aromatic carbocycles. The average molecular weight is 400 g/mol. The summed E-state index contributed by atoms with van der Waals surface area (Å²) in [4.78, 5) is 27.6. The van der Waals surface area contributed by atoms with E-state index in [9.17, 15) is 4.79 Å². The lowest BCUT2D eigenvalue weighted by Crippen LogP contribution is -2.37. The van der Waals surface area contributed by atoms with Crippen LogP contribution in [-0.2, 0) is 0 Å². The van der Waals surface area contributed by atoms with Crippen molar-refractivity contribution in [3.8, 4) is 11.1 Å². The molecule has 1 amide bonds. The molecule has 2 aliphatic rings. The van der Waals surface area contributed by atoms with Gasteiger partial charge in [-0.15, -0.1) is 0 Å². The Morgan fingerprint density at radius 2 is 2.17 bits per heavy atom. The molecular weight excluding hydrogens is 376 g/mol. The van der Waals surface area contributed by atoms with Crippen molar-refractivity contribution in [2.24, 2.45) is 10.9 Å². The minimum absolute atomic E-state index is 0.0205. The first-order valence-corrected chi connectivity index (χ1v) is 10.0. The van der Waals surface area contributed by atoms with E-state index in [1.165, 1.54) is 6.34 Å². The molecule has 1 saturated carbocycles. The smallest absolute Gasteiger partial charge is 0.274 e. The molecule has 2 N–H and O–H groups in total. The molecule has 0 aliphatic heterocycles. The number of allylic oxidation sites excluding steroid dienone is 2. The van der Waals surface area contributed by atoms with Crippen molar-refractivity contribution < 1.29 is 4.79 Å². The van der Waals surface area contributed by atoms with Crippen molar-refractivity contribution in [1.29, 1.82) is 5.41 Å². The van der Waals surface area contributed by atoms with E-state index in [1.54, 1.807) is 31.7 Å². The molecule has 152 valence electrons. The Morgan fingerprint density at radius 3 is 2.87 bits per heavy atom. The van der Waals surface area contributed by atoms with Crippen LogP contribution in [0.5, 0.6) is 0 Å². The summed E-state index contributed by atoms with van der Waals surface area (Å²) < 4.78 is 0. The van der Waals surface area contributed by atoms with Crippen LogP contribution in [0.1, 0.15) is 29.8 Å². The number of hydrogen-bond donors (Lipinski definition) is 2. The maximum absolute atomic E-state index is 12.8. The summed E-state index contributed by atoms with van der Waals surface area (Å²) in [6.45, 7) is 0. The molecule has 1 atom stereocenters. The number of hydrogen-bond acceptors (Lipinski definition) is 5. The Bertz CT molecular complexity index is 1020. The number of rotatable bonds is 6. The summed E-state index contributed by atoms with van der Waals surface area (Å²) in [7, 11) is 1.76. The van der Waals surface area contributed by atoms with E-state index in [0.29, 0.717) is 17.4 Å². The van der Waals surface area contributed by atoms with E-state index in [2.05, 4.69) is 20.3 Å². The van der Waals surface area contributed by atoms with Crippen LogP contribution in [0.15, 0.2) is 71.8 Å². The lowest BCUT2D eigenvalue weighted by molar-refractivity contribution is 0.0962. The third kappa shape index (κ3) is 4.35. The van der Waals surface area contributed by atoms with E-state index in [4.69, 9.17) is 5.41 Å². The lowest BCUT2D eigenvalue weighted by Gasteiger charge is -2.27. The number of nitrogens with zero attached hydrogens (tertiary/aromatic N) is 4. The second-order valence-corrected chi connectivity index (χ2v) is 7.34. The Labute approximate surface area is 175 Å². The second-order valence-electron chi connectivity index (χ2n) is 7.34. The normalized spacial score (nSPS) is 18.5. The Morgan fingerprint density at radius 1 is 1.30 bits per heavy atom. The molecule has 0 saturated heterocycles. The quantitative estimate of drug-likeness (QED) is 0.574. The van der Waals surface area contributed by atoms with Crippen LogP contribution in [-0.4, -0.2) is 46.0 Å². The zero-order valence-electron chi connectivity index (χ0n) is 16.8. The first kappa shape index (κ1) is 19.7. The van der Waals surface area contributed by atoms with E-state index in [-0.39, 0.29) is 11.8 Å². The Hall–Kier alpha value is -3.61. The van der Waals surface area contributed by atoms with Crippen molar-refractivity contribution in [2.75, 3.05) is 7.05 Å². The van der Waals surface area contributed by atoms with Gasteiger partial charge in [-0.3, -0.25) is 25.2 Å². The highest BCUT2D eigenvalue weighted by molar-refractivity contribution is 5.96. The zero-order chi connectivity index (χ0) is 20.9. The molecule has 4 rings (SSSR count). The third-order valence-corrected chi connectivity index (χ3v) is 5.22. The highest BCUT2D eigenvalue weighted by atomic mass is 16.1. The van der Waals surface area contributed by atoms with Crippen LogP contribution in [0, 0.1) is 11.3 Å². The minimum atomic E-state index is -0.265. The number of aliphatic imine (C=N–C) groups is 1. The zero-order valence-corrected chi connectivity index (χ0v) is 16.8. The fraction of sp³-hybridized carbons (Fsp3) is 0.261. The number of nitrogens with one attached hydrogen (secondary N) is 2. The van der Waals surface area contributed by atoms with Crippen molar-refractivity contribution in [3.63, 3.8) is 0 Å². The second kappa shape index (κ2) is 8.82. The molecule has 7 heteroatoms. The number of amides is 1. The van der Waals surface area contributed by atoms with Gasteiger partial charge in [-0.05, 0) is 55.2 Å². The molecule has 30 heavy (non-hydrogen) atoms. The van der Waals surface area contributed by atoms with Crippen molar-refractivity contribution in [2.45, 2.75) is 25.3 Å². The van der Waals surface area contributed by atoms with Crippen LogP contribution in [0.2, 0.25) is 0 Å². The van der Waals surface area contributed by atoms with Gasteiger partial charge in [-0.1, -0.05) is 12.1 Å². The summed E-state index contributed by atoms with van der Waals surface area (Å²) in [5.41, 5.74) is 2.88. The van der Waals surface area contributed by atoms with Gasteiger partial charge in [0, 0.05) is 48.9 Å². The number of carbonyl (C=O) groups excluding carboxylic acids is 1. The Balaban J connectivity index is 1.50. The summed E-state index contributed by atoms with van der Waals surface area (Å²) in [6, 6.07) is 7.80. The fourth-order valence-electron chi connectivity index (χ4n) is 3.59. The van der Waals surface area contributed by atoms with Crippen LogP contribution < -0.4 is 5.32 Å². The van der Waals surface area contributed by atoms with Gasteiger partial charge >= 0.3 is 0 Å². The molecule has 1 unspecified atom stereocenters. The maximum Gasteiger partial charge on any atom is 0.274 e. The number of aromatic nitrogens is 2. The average Bonchev–Trinajstić information content (AvgIpc) is 3.63. The summed E-state index contributed by atoms with van der Waals surface area (Å²) in [5, 5.41) is 10.7. The third-order valence-electron chi connectivity index (χ3n) is 5.22. The van der Waals surface area contributed by atoms with Crippen LogP contribution in [0.25, 0.3) is 11.1 Å². The van der Waals surface area contributed by atoms with Gasteiger partial charge < -0.3 is 10.2 Å². The molecule has 2 heterocycles. The predicted molar refractivity (Wildman–Crippen MR) is 117 cm³/mol. The molecule has 0 radical (unpaired) electrons. The topological polar surface area (TPSA) is 94.3 Å². The van der Waals surface area contributed by atoms with Gasteiger partial charge in [0.25, 0.3) is 5.91 Å². The number of carbonyl (C=O) groups is 1. The van der Waals surface area contributed by atoms with E-state index in [1.807, 2.05) is 41.3 Å². The van der Waals surface area contributed by atoms with Crippen molar-refractivity contribution in [3.05, 3.63) is 72.5 Å². The van der Waals surface area contributed by atoms with E-state index < -0.39 is 0 Å². The van der Waals surface area contributed by atoms with Crippen molar-refractivity contribution >= 4 is 18.1 Å². The SMILES string of the molecule is CN=C(C1C=C(NC(=O)c2cc(-c3cccnc3)ccn2)C=CC1)N(C=N)C1CC1. The molecule has 2 aromatic rings. The van der Waals surface area contributed by atoms with Gasteiger partial charge in [0.15, 0.2) is 0 Å². The predicted octanol–water partition coefficient (Wildman–Crippen LogP) is 3.43. The van der Waals surface area contributed by atoms with Gasteiger partial charge in [-0.25, -0.2) is 0 Å². The van der Waals surface area contributed by atoms with Crippen LogP contribution >= 0.6 is 0 Å². The first-order valence-electron chi connectivity index (χ1n) is 10.0. The van der Waals surface area contributed by atoms with Crippen LogP contribution in [0.3, 0.4) is 0 Å². The molecule has 0 bridgehead atoms. The fourth-order valence-corrected chi connectivity index (χ4v) is 3.59.